The highest BCUT2D eigenvalue weighted by atomic mass is 19.1. The van der Waals surface area contributed by atoms with Gasteiger partial charge < -0.3 is 15.2 Å². The molecule has 1 aliphatic rings. The summed E-state index contributed by atoms with van der Waals surface area (Å²) in [6.45, 7) is 3.08. The number of ether oxygens (including phenoxy) is 2. The minimum atomic E-state index is -0.562. The Bertz CT molecular complexity index is 638. The maximum atomic E-state index is 13.0. The molecular weight excluding hydrogens is 269 g/mol. The Labute approximate surface area is 123 Å². The summed E-state index contributed by atoms with van der Waals surface area (Å²) in [4.78, 5) is 0. The van der Waals surface area contributed by atoms with Gasteiger partial charge >= 0.3 is 0 Å². The van der Waals surface area contributed by atoms with Gasteiger partial charge in [-0.2, -0.15) is 0 Å². The maximum absolute atomic E-state index is 13.0. The van der Waals surface area contributed by atoms with Gasteiger partial charge in [0, 0.05) is 5.54 Å². The fraction of sp³-hybridized carbons (Fsp3) is 0.294. The van der Waals surface area contributed by atoms with Crippen molar-refractivity contribution in [3.05, 3.63) is 59.4 Å². The SMILES string of the molecule is CC(N)(Cc1ccc(F)cc1)c1ccc2c(c1)OCCO2. The zero-order valence-electron chi connectivity index (χ0n) is 11.9. The lowest BCUT2D eigenvalue weighted by Gasteiger charge is -2.27. The Morgan fingerprint density at radius 1 is 1.05 bits per heavy atom. The highest BCUT2D eigenvalue weighted by Crippen LogP contribution is 2.34. The van der Waals surface area contributed by atoms with Crippen molar-refractivity contribution in [1.82, 2.24) is 0 Å². The van der Waals surface area contributed by atoms with Crippen molar-refractivity contribution in [1.29, 1.82) is 0 Å². The third-order valence-corrected chi connectivity index (χ3v) is 3.69. The summed E-state index contributed by atoms with van der Waals surface area (Å²) in [7, 11) is 0. The summed E-state index contributed by atoms with van der Waals surface area (Å²) in [5.74, 6) is 1.24. The van der Waals surface area contributed by atoms with Crippen LogP contribution in [0.15, 0.2) is 42.5 Å². The van der Waals surface area contributed by atoms with Crippen LogP contribution >= 0.6 is 0 Å². The molecule has 0 bridgehead atoms. The molecule has 0 fully saturated rings. The second-order valence-corrected chi connectivity index (χ2v) is 5.58. The molecule has 2 aromatic rings. The van der Waals surface area contributed by atoms with E-state index in [1.165, 1.54) is 12.1 Å². The zero-order valence-corrected chi connectivity index (χ0v) is 11.9. The van der Waals surface area contributed by atoms with Crippen molar-refractivity contribution in [2.24, 2.45) is 5.73 Å². The third kappa shape index (κ3) is 3.00. The molecule has 0 aromatic heterocycles. The molecule has 110 valence electrons. The van der Waals surface area contributed by atoms with Crippen molar-refractivity contribution in [3.8, 4) is 11.5 Å². The molecule has 0 aliphatic carbocycles. The molecule has 1 atom stereocenters. The molecular formula is C17H18FNO2. The van der Waals surface area contributed by atoms with Gasteiger partial charge in [0.15, 0.2) is 11.5 Å². The molecule has 1 heterocycles. The van der Waals surface area contributed by atoms with E-state index in [1.54, 1.807) is 12.1 Å². The van der Waals surface area contributed by atoms with Crippen LogP contribution in [0.1, 0.15) is 18.1 Å². The minimum absolute atomic E-state index is 0.239. The standard InChI is InChI=1S/C17H18FNO2/c1-17(19,11-12-2-5-14(18)6-3-12)13-4-7-15-16(10-13)21-9-8-20-15/h2-7,10H,8-9,11,19H2,1H3. The van der Waals surface area contributed by atoms with Gasteiger partial charge in [0.2, 0.25) is 0 Å². The number of benzene rings is 2. The van der Waals surface area contributed by atoms with E-state index < -0.39 is 5.54 Å². The number of nitrogens with two attached hydrogens (primary N) is 1. The molecule has 4 heteroatoms. The van der Waals surface area contributed by atoms with Crippen molar-refractivity contribution in [3.63, 3.8) is 0 Å². The molecule has 0 saturated heterocycles. The minimum Gasteiger partial charge on any atom is -0.486 e. The van der Waals surface area contributed by atoms with Crippen LogP contribution in [-0.2, 0) is 12.0 Å². The Balaban J connectivity index is 1.85. The molecule has 2 N–H and O–H groups in total. The van der Waals surface area contributed by atoms with Crippen LogP contribution in [-0.4, -0.2) is 13.2 Å². The van der Waals surface area contributed by atoms with Crippen LogP contribution in [0.5, 0.6) is 11.5 Å². The molecule has 2 aromatic carbocycles. The van der Waals surface area contributed by atoms with Gasteiger partial charge in [0.05, 0.1) is 0 Å². The van der Waals surface area contributed by atoms with Crippen molar-refractivity contribution in [2.45, 2.75) is 18.9 Å². The Kier molecular flexibility index (Phi) is 3.55. The molecule has 3 nitrogen and oxygen atoms in total. The quantitative estimate of drug-likeness (QED) is 0.943. The van der Waals surface area contributed by atoms with Gasteiger partial charge in [-0.1, -0.05) is 18.2 Å². The van der Waals surface area contributed by atoms with Gasteiger partial charge in [-0.25, -0.2) is 4.39 Å². The number of hydrogen-bond donors (Lipinski definition) is 1. The Morgan fingerprint density at radius 3 is 2.43 bits per heavy atom. The fourth-order valence-corrected chi connectivity index (χ4v) is 2.53. The normalized spacial score (nSPS) is 16.3. The predicted octanol–water partition coefficient (Wildman–Crippen LogP) is 3.01. The van der Waals surface area contributed by atoms with Gasteiger partial charge in [0.25, 0.3) is 0 Å². The van der Waals surface area contributed by atoms with E-state index in [0.717, 1.165) is 22.6 Å². The molecule has 0 amide bonds. The van der Waals surface area contributed by atoms with Gasteiger partial charge in [0.1, 0.15) is 19.0 Å². The van der Waals surface area contributed by atoms with E-state index in [0.29, 0.717) is 19.6 Å². The van der Waals surface area contributed by atoms with Gasteiger partial charge in [-0.05, 0) is 48.7 Å². The molecule has 0 spiro atoms. The van der Waals surface area contributed by atoms with E-state index in [9.17, 15) is 4.39 Å². The van der Waals surface area contributed by atoms with Crippen LogP contribution in [0.25, 0.3) is 0 Å². The summed E-state index contributed by atoms with van der Waals surface area (Å²) >= 11 is 0. The molecule has 1 aliphatic heterocycles. The number of rotatable bonds is 3. The van der Waals surface area contributed by atoms with Crippen LogP contribution in [0.4, 0.5) is 4.39 Å². The summed E-state index contributed by atoms with van der Waals surface area (Å²) < 4.78 is 24.1. The first-order valence-corrected chi connectivity index (χ1v) is 6.98. The monoisotopic (exact) mass is 287 g/mol. The lowest BCUT2D eigenvalue weighted by molar-refractivity contribution is 0.171. The first kappa shape index (κ1) is 13.9. The summed E-state index contributed by atoms with van der Waals surface area (Å²) in [6, 6.07) is 12.2. The van der Waals surface area contributed by atoms with Crippen LogP contribution in [0.3, 0.4) is 0 Å². The largest absolute Gasteiger partial charge is 0.486 e. The highest BCUT2D eigenvalue weighted by Gasteiger charge is 2.24. The predicted molar refractivity (Wildman–Crippen MR) is 79.1 cm³/mol. The topological polar surface area (TPSA) is 44.5 Å². The molecule has 1 unspecified atom stereocenters. The lowest BCUT2D eigenvalue weighted by Crippen LogP contribution is -2.35. The lowest BCUT2D eigenvalue weighted by atomic mass is 9.86. The second-order valence-electron chi connectivity index (χ2n) is 5.58. The Morgan fingerprint density at radius 2 is 1.71 bits per heavy atom. The van der Waals surface area contributed by atoms with Crippen molar-refractivity contribution in [2.75, 3.05) is 13.2 Å². The first-order chi connectivity index (χ1) is 10.0. The fourth-order valence-electron chi connectivity index (χ4n) is 2.53. The van der Waals surface area contributed by atoms with E-state index >= 15 is 0 Å². The van der Waals surface area contributed by atoms with Gasteiger partial charge in [-0.15, -0.1) is 0 Å². The number of hydrogen-bond acceptors (Lipinski definition) is 3. The average Bonchev–Trinajstić information content (AvgIpc) is 2.49. The highest BCUT2D eigenvalue weighted by molar-refractivity contribution is 5.46. The van der Waals surface area contributed by atoms with E-state index in [4.69, 9.17) is 15.2 Å². The van der Waals surface area contributed by atoms with Gasteiger partial charge in [-0.3, -0.25) is 0 Å². The van der Waals surface area contributed by atoms with E-state index in [1.807, 2.05) is 25.1 Å². The number of fused-ring (bicyclic) bond motifs is 1. The van der Waals surface area contributed by atoms with E-state index in [-0.39, 0.29) is 5.82 Å². The summed E-state index contributed by atoms with van der Waals surface area (Å²) in [5, 5.41) is 0. The molecule has 0 saturated carbocycles. The zero-order chi connectivity index (χ0) is 14.9. The maximum Gasteiger partial charge on any atom is 0.161 e. The van der Waals surface area contributed by atoms with Crippen LogP contribution in [0, 0.1) is 5.82 Å². The van der Waals surface area contributed by atoms with Crippen LogP contribution in [0.2, 0.25) is 0 Å². The molecule has 3 rings (SSSR count). The first-order valence-electron chi connectivity index (χ1n) is 6.98. The van der Waals surface area contributed by atoms with Crippen molar-refractivity contribution >= 4 is 0 Å². The summed E-state index contributed by atoms with van der Waals surface area (Å²) in [5.41, 5.74) is 7.85. The second kappa shape index (κ2) is 5.37. The molecule has 21 heavy (non-hydrogen) atoms. The van der Waals surface area contributed by atoms with E-state index in [2.05, 4.69) is 0 Å². The third-order valence-electron chi connectivity index (χ3n) is 3.69. The summed E-state index contributed by atoms with van der Waals surface area (Å²) in [6.07, 6.45) is 0.618. The van der Waals surface area contributed by atoms with Crippen molar-refractivity contribution < 1.29 is 13.9 Å². The molecule has 0 radical (unpaired) electrons. The van der Waals surface area contributed by atoms with Crippen LogP contribution < -0.4 is 15.2 Å². The number of halogens is 1. The smallest absolute Gasteiger partial charge is 0.161 e. The average molecular weight is 287 g/mol. The Hall–Kier alpha value is -2.07.